The lowest BCUT2D eigenvalue weighted by atomic mass is 9.94. The van der Waals surface area contributed by atoms with Gasteiger partial charge in [-0.3, -0.25) is 4.98 Å². The van der Waals surface area contributed by atoms with Crippen LogP contribution in [0.2, 0.25) is 5.02 Å². The number of hydrogen-bond donors (Lipinski definition) is 2. The van der Waals surface area contributed by atoms with Gasteiger partial charge in [0.2, 0.25) is 0 Å². The van der Waals surface area contributed by atoms with Crippen molar-refractivity contribution in [2.45, 2.75) is 38.8 Å². The second-order valence-electron chi connectivity index (χ2n) is 9.51. The third-order valence-electron chi connectivity index (χ3n) is 6.71. The van der Waals surface area contributed by atoms with Gasteiger partial charge in [0.1, 0.15) is 23.5 Å². The van der Waals surface area contributed by atoms with Gasteiger partial charge in [0.05, 0.1) is 10.7 Å². The predicted octanol–water partition coefficient (Wildman–Crippen LogP) is 5.32. The lowest BCUT2D eigenvalue weighted by molar-refractivity contribution is 0.251. The summed E-state index contributed by atoms with van der Waals surface area (Å²) in [4.78, 5) is 16.9. The third kappa shape index (κ3) is 4.79. The van der Waals surface area contributed by atoms with Crippen LogP contribution in [0.15, 0.2) is 70.3 Å². The molecule has 2 aromatic rings. The second-order valence-corrected chi connectivity index (χ2v) is 9.92. The highest BCUT2D eigenvalue weighted by molar-refractivity contribution is 6.32. The number of aromatic nitrogens is 1. The highest BCUT2D eigenvalue weighted by Gasteiger charge is 2.31. The minimum atomic E-state index is -0.234. The number of hydrogen-bond acceptors (Lipinski definition) is 6. The van der Waals surface area contributed by atoms with Crippen molar-refractivity contribution >= 4 is 34.7 Å². The molecule has 1 aromatic heterocycles. The molecule has 2 N–H and O–H groups in total. The van der Waals surface area contributed by atoms with E-state index in [9.17, 15) is 0 Å². The van der Waals surface area contributed by atoms with Gasteiger partial charge in [-0.1, -0.05) is 37.6 Å². The molecule has 5 rings (SSSR count). The van der Waals surface area contributed by atoms with Gasteiger partial charge in [0, 0.05) is 23.4 Å². The Labute approximate surface area is 206 Å². The third-order valence-corrected chi connectivity index (χ3v) is 7.02. The van der Waals surface area contributed by atoms with E-state index < -0.39 is 0 Å². The summed E-state index contributed by atoms with van der Waals surface area (Å²) in [6.45, 7) is 6.54. The zero-order valence-electron chi connectivity index (χ0n) is 19.9. The van der Waals surface area contributed by atoms with Gasteiger partial charge in [-0.2, -0.15) is 0 Å². The van der Waals surface area contributed by atoms with Crippen LogP contribution < -0.4 is 10.6 Å². The number of nitrogens with one attached hydrogen (secondary N) is 2. The molecule has 7 heteroatoms. The van der Waals surface area contributed by atoms with Crippen LogP contribution >= 0.6 is 11.6 Å². The molecule has 3 aliphatic heterocycles. The fraction of sp³-hybridized carbons (Fsp3) is 0.370. The van der Waals surface area contributed by atoms with Crippen LogP contribution in [-0.2, 0) is 0 Å². The zero-order valence-corrected chi connectivity index (χ0v) is 20.7. The van der Waals surface area contributed by atoms with Gasteiger partial charge in [0.25, 0.3) is 0 Å². The standard InChI is InChI=1S/C27H31ClN6/c1-17(2)18-6-8-20(9-7-18)30-26-21-10-11-23(24-22(28)5-4-14-29-24)31-27(21)33-25(32-26)19-12-15-34(3)16-13-19/h4-11,14,17,19,27,31H,12-13,15-16H2,1-3H3,(H,30,32,33). The fourth-order valence-corrected chi connectivity index (χ4v) is 4.79. The molecule has 1 saturated heterocycles. The van der Waals surface area contributed by atoms with E-state index in [1.165, 1.54) is 5.56 Å². The van der Waals surface area contributed by atoms with E-state index >= 15 is 0 Å². The quantitative estimate of drug-likeness (QED) is 0.629. The van der Waals surface area contributed by atoms with Crippen molar-refractivity contribution in [2.24, 2.45) is 15.9 Å². The molecular weight excluding hydrogens is 444 g/mol. The molecule has 34 heavy (non-hydrogen) atoms. The van der Waals surface area contributed by atoms with E-state index in [4.69, 9.17) is 21.6 Å². The molecule has 3 aliphatic rings. The summed E-state index contributed by atoms with van der Waals surface area (Å²) in [6, 6.07) is 12.3. The second kappa shape index (κ2) is 9.72. The summed E-state index contributed by atoms with van der Waals surface area (Å²) in [5.74, 6) is 2.62. The van der Waals surface area contributed by atoms with Crippen LogP contribution in [-0.4, -0.2) is 47.9 Å². The van der Waals surface area contributed by atoms with E-state index in [-0.39, 0.29) is 6.17 Å². The molecule has 4 heterocycles. The van der Waals surface area contributed by atoms with Crippen molar-refractivity contribution in [3.63, 3.8) is 0 Å². The van der Waals surface area contributed by atoms with E-state index in [1.54, 1.807) is 6.20 Å². The number of allylic oxidation sites excluding steroid dienone is 2. The molecular formula is C27H31ClN6. The normalized spacial score (nSPS) is 21.1. The van der Waals surface area contributed by atoms with Crippen LogP contribution in [0.3, 0.4) is 0 Å². The number of nitrogens with zero attached hydrogens (tertiary/aromatic N) is 4. The largest absolute Gasteiger partial charge is 0.358 e. The SMILES string of the molecule is CC(C)c1ccc(NC2=NC(C3CCN(C)CC3)=NC3NC(c4ncccc4Cl)=CC=C23)cc1. The van der Waals surface area contributed by atoms with Crippen molar-refractivity contribution in [1.82, 2.24) is 15.2 Å². The van der Waals surface area contributed by atoms with E-state index in [0.29, 0.717) is 16.9 Å². The summed E-state index contributed by atoms with van der Waals surface area (Å²) >= 11 is 6.43. The molecule has 0 aliphatic carbocycles. The average Bonchev–Trinajstić information content (AvgIpc) is 2.84. The number of fused-ring (bicyclic) bond motifs is 1. The van der Waals surface area contributed by atoms with Gasteiger partial charge in [0.15, 0.2) is 0 Å². The minimum Gasteiger partial charge on any atom is -0.358 e. The fourth-order valence-electron chi connectivity index (χ4n) is 4.57. The highest BCUT2D eigenvalue weighted by atomic mass is 35.5. The first-order valence-electron chi connectivity index (χ1n) is 12.0. The topological polar surface area (TPSA) is 64.9 Å². The number of piperidine rings is 1. The van der Waals surface area contributed by atoms with E-state index in [2.05, 4.69) is 71.8 Å². The van der Waals surface area contributed by atoms with Crippen molar-refractivity contribution in [1.29, 1.82) is 0 Å². The Balaban J connectivity index is 1.48. The van der Waals surface area contributed by atoms with E-state index in [0.717, 1.165) is 60.3 Å². The molecule has 1 aromatic carbocycles. The maximum atomic E-state index is 6.43. The molecule has 6 nitrogen and oxygen atoms in total. The maximum absolute atomic E-state index is 6.43. The summed E-state index contributed by atoms with van der Waals surface area (Å²) in [7, 11) is 2.17. The summed E-state index contributed by atoms with van der Waals surface area (Å²) < 4.78 is 0. The Hall–Kier alpha value is -2.96. The number of anilines is 1. The molecule has 0 spiro atoms. The van der Waals surface area contributed by atoms with Crippen molar-refractivity contribution < 1.29 is 0 Å². The van der Waals surface area contributed by atoms with Crippen molar-refractivity contribution in [3.8, 4) is 0 Å². The number of dihydropyridines is 1. The molecule has 176 valence electrons. The van der Waals surface area contributed by atoms with Crippen LogP contribution in [0.4, 0.5) is 5.69 Å². The van der Waals surface area contributed by atoms with E-state index in [1.807, 2.05) is 18.2 Å². The monoisotopic (exact) mass is 474 g/mol. The predicted molar refractivity (Wildman–Crippen MR) is 141 cm³/mol. The molecule has 0 radical (unpaired) electrons. The Bertz CT molecular complexity index is 1170. The number of aliphatic imine (C=N–C) groups is 2. The van der Waals surface area contributed by atoms with Crippen molar-refractivity contribution in [2.75, 3.05) is 25.5 Å². The van der Waals surface area contributed by atoms with Gasteiger partial charge >= 0.3 is 0 Å². The molecule has 1 unspecified atom stereocenters. The van der Waals surface area contributed by atoms with Crippen LogP contribution in [0.25, 0.3) is 5.70 Å². The van der Waals surface area contributed by atoms with Gasteiger partial charge in [-0.15, -0.1) is 0 Å². The lowest BCUT2D eigenvalue weighted by Crippen LogP contribution is -2.42. The Kier molecular flexibility index (Phi) is 6.53. The van der Waals surface area contributed by atoms with Crippen LogP contribution in [0.5, 0.6) is 0 Å². The van der Waals surface area contributed by atoms with Crippen LogP contribution in [0.1, 0.15) is 43.9 Å². The number of likely N-dealkylation sites (tertiary alicyclic amines) is 1. The summed E-state index contributed by atoms with van der Waals surface area (Å²) in [5.41, 5.74) is 4.96. The minimum absolute atomic E-state index is 0.234. The smallest absolute Gasteiger partial charge is 0.150 e. The van der Waals surface area contributed by atoms with Gasteiger partial charge < -0.3 is 15.5 Å². The molecule has 0 amide bonds. The number of pyridine rings is 1. The summed E-state index contributed by atoms with van der Waals surface area (Å²) in [6.07, 6.45) is 7.74. The number of amidine groups is 2. The molecule has 1 fully saturated rings. The van der Waals surface area contributed by atoms with Crippen LogP contribution in [0, 0.1) is 5.92 Å². The Morgan fingerprint density at radius 1 is 1.09 bits per heavy atom. The molecule has 0 bridgehead atoms. The maximum Gasteiger partial charge on any atom is 0.150 e. The first kappa shape index (κ1) is 22.8. The first-order chi connectivity index (χ1) is 16.5. The Morgan fingerprint density at radius 3 is 2.56 bits per heavy atom. The first-order valence-corrected chi connectivity index (χ1v) is 12.4. The van der Waals surface area contributed by atoms with Gasteiger partial charge in [-0.25, -0.2) is 9.98 Å². The number of halogens is 1. The Morgan fingerprint density at radius 2 is 1.85 bits per heavy atom. The zero-order chi connectivity index (χ0) is 23.7. The molecule has 1 atom stereocenters. The summed E-state index contributed by atoms with van der Waals surface area (Å²) in [5, 5.41) is 7.74. The molecule has 0 saturated carbocycles. The number of benzene rings is 1. The number of rotatable bonds is 4. The highest BCUT2D eigenvalue weighted by Crippen LogP contribution is 2.29. The average molecular weight is 475 g/mol. The van der Waals surface area contributed by atoms with Gasteiger partial charge in [-0.05, 0) is 80.9 Å². The van der Waals surface area contributed by atoms with Crippen molar-refractivity contribution in [3.05, 3.63) is 76.6 Å². The lowest BCUT2D eigenvalue weighted by Gasteiger charge is -2.33.